The van der Waals surface area contributed by atoms with Crippen LogP contribution < -0.4 is 22.1 Å². The van der Waals surface area contributed by atoms with E-state index in [0.29, 0.717) is 10.9 Å². The molecule has 4 heterocycles. The number of amides is 3. The van der Waals surface area contributed by atoms with Crippen LogP contribution in [0.2, 0.25) is 0 Å². The number of imide groups is 1. The van der Waals surface area contributed by atoms with Crippen LogP contribution in [0.4, 0.5) is 0 Å². The highest BCUT2D eigenvalue weighted by Crippen LogP contribution is 2.45. The number of aliphatic imine (C=N–C) groups is 2. The Morgan fingerprint density at radius 2 is 1.78 bits per heavy atom. The van der Waals surface area contributed by atoms with Crippen molar-refractivity contribution in [1.82, 2.24) is 20.4 Å². The molecule has 1 spiro atoms. The van der Waals surface area contributed by atoms with Crippen LogP contribution >= 0.6 is 0 Å². The third-order valence-corrected chi connectivity index (χ3v) is 7.67. The van der Waals surface area contributed by atoms with E-state index in [2.05, 4.69) is 20.6 Å². The molecule has 0 aromatic heterocycles. The molecule has 4 aliphatic rings. The first-order chi connectivity index (χ1) is 17.6. The predicted molar refractivity (Wildman–Crippen MR) is 132 cm³/mol. The molecule has 4 atom stereocenters. The van der Waals surface area contributed by atoms with Crippen LogP contribution in [0.5, 0.6) is 0 Å². The standard InChI is InChI=1S/C24H26N8O5/c25-21-29-19-15(10-31-17(33)8-9-18(31)34)27-22(26)32-11-16(24(36,37)23(19,32)30-21)28-20(35)14-7-3-5-12-4-1-2-6-13(12)14/h1-7,15-16,19,36-37H,8-11H2,(H2,26,27)(H,28,35)(H3,25,29,30). The van der Waals surface area contributed by atoms with Crippen molar-refractivity contribution in [2.45, 2.75) is 42.4 Å². The Kier molecular flexibility index (Phi) is 4.94. The summed E-state index contributed by atoms with van der Waals surface area (Å²) in [4.78, 5) is 49.1. The average molecular weight is 507 g/mol. The highest BCUT2D eigenvalue weighted by molar-refractivity contribution is 6.07. The maximum Gasteiger partial charge on any atom is 0.252 e. The summed E-state index contributed by atoms with van der Waals surface area (Å²) >= 11 is 0. The molecule has 4 unspecified atom stereocenters. The molecule has 6 rings (SSSR count). The van der Waals surface area contributed by atoms with Crippen LogP contribution in [0, 0.1) is 0 Å². The van der Waals surface area contributed by atoms with Crippen LogP contribution in [0.15, 0.2) is 52.4 Å². The number of likely N-dealkylation sites (tertiary alicyclic amines) is 1. The second-order valence-corrected chi connectivity index (χ2v) is 9.69. The molecule has 3 amide bonds. The van der Waals surface area contributed by atoms with E-state index in [0.717, 1.165) is 10.3 Å². The van der Waals surface area contributed by atoms with Gasteiger partial charge in [-0.05, 0) is 16.8 Å². The van der Waals surface area contributed by atoms with Crippen LogP contribution in [0.25, 0.3) is 10.8 Å². The number of guanidine groups is 2. The summed E-state index contributed by atoms with van der Waals surface area (Å²) in [5.74, 6) is -3.97. The molecule has 4 aliphatic heterocycles. The van der Waals surface area contributed by atoms with E-state index in [1.54, 1.807) is 12.1 Å². The Morgan fingerprint density at radius 3 is 2.54 bits per heavy atom. The van der Waals surface area contributed by atoms with Gasteiger partial charge in [0.2, 0.25) is 17.6 Å². The van der Waals surface area contributed by atoms with Gasteiger partial charge < -0.3 is 37.2 Å². The van der Waals surface area contributed by atoms with Gasteiger partial charge in [-0.25, -0.2) is 9.98 Å². The second kappa shape index (κ2) is 7.88. The lowest BCUT2D eigenvalue weighted by Gasteiger charge is -2.49. The van der Waals surface area contributed by atoms with Crippen molar-refractivity contribution in [2.24, 2.45) is 21.5 Å². The van der Waals surface area contributed by atoms with Gasteiger partial charge in [-0.3, -0.25) is 19.3 Å². The molecule has 0 radical (unpaired) electrons. The molecular formula is C24H26N8O5. The second-order valence-electron chi connectivity index (χ2n) is 9.69. The molecule has 13 heteroatoms. The van der Waals surface area contributed by atoms with Crippen LogP contribution in [0.1, 0.15) is 23.2 Å². The van der Waals surface area contributed by atoms with Crippen LogP contribution in [-0.2, 0) is 9.59 Å². The minimum Gasteiger partial charge on any atom is -0.370 e. The summed E-state index contributed by atoms with van der Waals surface area (Å²) in [5, 5.41) is 30.3. The lowest BCUT2D eigenvalue weighted by Crippen LogP contribution is -2.78. The van der Waals surface area contributed by atoms with E-state index < -0.39 is 35.5 Å². The van der Waals surface area contributed by atoms with Gasteiger partial charge in [-0.2, -0.15) is 0 Å². The fraction of sp³-hybridized carbons (Fsp3) is 0.375. The Bertz CT molecular complexity index is 1390. The molecule has 0 aliphatic carbocycles. The van der Waals surface area contributed by atoms with E-state index in [-0.39, 0.29) is 49.7 Å². The summed E-state index contributed by atoms with van der Waals surface area (Å²) in [6, 6.07) is 9.52. The number of nitrogens with two attached hydrogens (primary N) is 2. The van der Waals surface area contributed by atoms with Crippen molar-refractivity contribution < 1.29 is 24.6 Å². The third-order valence-electron chi connectivity index (χ3n) is 7.67. The molecule has 0 bridgehead atoms. The lowest BCUT2D eigenvalue weighted by atomic mass is 9.84. The molecule has 2 fully saturated rings. The Morgan fingerprint density at radius 1 is 1.08 bits per heavy atom. The zero-order chi connectivity index (χ0) is 26.1. The maximum absolute atomic E-state index is 13.3. The third kappa shape index (κ3) is 3.20. The number of rotatable bonds is 4. The van der Waals surface area contributed by atoms with E-state index in [1.165, 1.54) is 4.90 Å². The Labute approximate surface area is 210 Å². The SMILES string of the molecule is NC1=NC2C(CN3C(=O)CCC3=O)N=C(N)N3CC(NC(=O)c4cccc5ccccc45)C(O)(O)C23N1. The number of hydrogen-bond donors (Lipinski definition) is 6. The topological polar surface area (TPSA) is 199 Å². The van der Waals surface area contributed by atoms with Gasteiger partial charge in [-0.1, -0.05) is 36.4 Å². The van der Waals surface area contributed by atoms with Gasteiger partial charge in [0.05, 0.1) is 12.6 Å². The number of aliphatic hydroxyl groups is 2. The molecule has 37 heavy (non-hydrogen) atoms. The molecule has 2 aromatic rings. The quantitative estimate of drug-likeness (QED) is 0.196. The summed E-state index contributed by atoms with van der Waals surface area (Å²) in [7, 11) is 0. The molecule has 13 nitrogen and oxygen atoms in total. The summed E-state index contributed by atoms with van der Waals surface area (Å²) in [6.07, 6.45) is 0.200. The summed E-state index contributed by atoms with van der Waals surface area (Å²) < 4.78 is 0. The van der Waals surface area contributed by atoms with E-state index >= 15 is 0 Å². The zero-order valence-electron chi connectivity index (χ0n) is 19.7. The van der Waals surface area contributed by atoms with Crippen LogP contribution in [-0.4, -0.2) is 92.3 Å². The molecule has 192 valence electrons. The van der Waals surface area contributed by atoms with Crippen molar-refractivity contribution >= 4 is 40.4 Å². The van der Waals surface area contributed by atoms with Crippen molar-refractivity contribution in [3.05, 3.63) is 48.0 Å². The molecular weight excluding hydrogens is 480 g/mol. The highest BCUT2D eigenvalue weighted by Gasteiger charge is 2.73. The number of fused-ring (bicyclic) bond motifs is 1. The van der Waals surface area contributed by atoms with Gasteiger partial charge >= 0.3 is 0 Å². The fourth-order valence-electron chi connectivity index (χ4n) is 5.91. The highest BCUT2D eigenvalue weighted by atomic mass is 16.5. The van der Waals surface area contributed by atoms with E-state index in [4.69, 9.17) is 11.5 Å². The zero-order valence-corrected chi connectivity index (χ0v) is 19.7. The number of carbonyl (C=O) groups is 3. The molecule has 2 aromatic carbocycles. The Hall–Kier alpha value is -4.23. The predicted octanol–water partition coefficient (Wildman–Crippen LogP) is -2.24. The van der Waals surface area contributed by atoms with Crippen molar-refractivity contribution in [2.75, 3.05) is 13.1 Å². The first-order valence-corrected chi connectivity index (χ1v) is 11.9. The Balaban J connectivity index is 1.33. The summed E-state index contributed by atoms with van der Waals surface area (Å²) in [6.45, 7) is -0.250. The van der Waals surface area contributed by atoms with Gasteiger partial charge in [0.15, 0.2) is 17.6 Å². The van der Waals surface area contributed by atoms with Gasteiger partial charge in [0, 0.05) is 24.9 Å². The van der Waals surface area contributed by atoms with Crippen molar-refractivity contribution in [3.63, 3.8) is 0 Å². The van der Waals surface area contributed by atoms with E-state index in [9.17, 15) is 24.6 Å². The van der Waals surface area contributed by atoms with Crippen LogP contribution in [0.3, 0.4) is 0 Å². The maximum atomic E-state index is 13.3. The number of hydrogen-bond acceptors (Lipinski definition) is 11. The first-order valence-electron chi connectivity index (χ1n) is 11.9. The number of nitrogens with zero attached hydrogens (tertiary/aromatic N) is 4. The minimum atomic E-state index is -2.62. The van der Waals surface area contributed by atoms with Gasteiger partial charge in [-0.15, -0.1) is 0 Å². The monoisotopic (exact) mass is 506 g/mol. The summed E-state index contributed by atoms with van der Waals surface area (Å²) in [5.41, 5.74) is 10.9. The van der Waals surface area contributed by atoms with Crippen molar-refractivity contribution in [1.29, 1.82) is 0 Å². The molecule has 0 saturated carbocycles. The number of nitrogens with one attached hydrogen (secondary N) is 2. The van der Waals surface area contributed by atoms with Gasteiger partial charge in [0.1, 0.15) is 12.1 Å². The van der Waals surface area contributed by atoms with E-state index in [1.807, 2.05) is 30.3 Å². The normalized spacial score (nSPS) is 30.1. The fourth-order valence-corrected chi connectivity index (χ4v) is 5.91. The average Bonchev–Trinajstić information content (AvgIpc) is 3.46. The first kappa shape index (κ1) is 23.2. The smallest absolute Gasteiger partial charge is 0.252 e. The number of carbonyl (C=O) groups excluding carboxylic acids is 3. The minimum absolute atomic E-state index is 0.0628. The lowest BCUT2D eigenvalue weighted by molar-refractivity contribution is -0.230. The molecule has 8 N–H and O–H groups in total. The van der Waals surface area contributed by atoms with Crippen molar-refractivity contribution in [3.8, 4) is 0 Å². The number of benzene rings is 2. The molecule has 2 saturated heterocycles. The van der Waals surface area contributed by atoms with Gasteiger partial charge in [0.25, 0.3) is 5.91 Å². The largest absolute Gasteiger partial charge is 0.370 e.